The summed E-state index contributed by atoms with van der Waals surface area (Å²) >= 11 is 0. The van der Waals surface area contributed by atoms with Gasteiger partial charge in [0.1, 0.15) is 0 Å². The van der Waals surface area contributed by atoms with Gasteiger partial charge in [-0.3, -0.25) is 9.78 Å². The van der Waals surface area contributed by atoms with E-state index in [2.05, 4.69) is 39.4 Å². The van der Waals surface area contributed by atoms with E-state index >= 15 is 0 Å². The number of morpholine rings is 1. The first kappa shape index (κ1) is 21.0. The van der Waals surface area contributed by atoms with Gasteiger partial charge in [-0.1, -0.05) is 35.9 Å². The van der Waals surface area contributed by atoms with Gasteiger partial charge in [0.2, 0.25) is 0 Å². The molecule has 0 N–H and O–H groups in total. The number of ether oxygens (including phenoxy) is 1. The van der Waals surface area contributed by atoms with Crippen LogP contribution in [0, 0.1) is 6.92 Å². The molecule has 4 aromatic rings. The molecule has 1 amide bonds. The average molecular weight is 440 g/mol. The summed E-state index contributed by atoms with van der Waals surface area (Å²) in [6.45, 7) is 3.57. The van der Waals surface area contributed by atoms with Crippen LogP contribution in [0.1, 0.15) is 21.5 Å². The molecular formula is C26H25N5O2. The van der Waals surface area contributed by atoms with E-state index in [4.69, 9.17) is 4.74 Å². The molecule has 0 bridgehead atoms. The Morgan fingerprint density at radius 1 is 1.00 bits per heavy atom. The Bertz CT molecular complexity index is 1240. The van der Waals surface area contributed by atoms with Crippen LogP contribution < -0.4 is 0 Å². The van der Waals surface area contributed by atoms with Gasteiger partial charge in [0.05, 0.1) is 42.9 Å². The van der Waals surface area contributed by atoms with Gasteiger partial charge in [-0.25, -0.2) is 0 Å². The fourth-order valence-corrected chi connectivity index (χ4v) is 4.28. The second kappa shape index (κ2) is 9.34. The van der Waals surface area contributed by atoms with E-state index in [-0.39, 0.29) is 11.9 Å². The van der Waals surface area contributed by atoms with Gasteiger partial charge in [0.15, 0.2) is 0 Å². The number of rotatable bonds is 5. The maximum Gasteiger partial charge on any atom is 0.256 e. The third kappa shape index (κ3) is 4.54. The monoisotopic (exact) mass is 439 g/mol. The van der Waals surface area contributed by atoms with Crippen LogP contribution in [0.25, 0.3) is 16.8 Å². The summed E-state index contributed by atoms with van der Waals surface area (Å²) in [4.78, 5) is 21.3. The average Bonchev–Trinajstić information content (AvgIpc) is 3.39. The molecular weight excluding hydrogens is 414 g/mol. The summed E-state index contributed by atoms with van der Waals surface area (Å²) in [7, 11) is 0. The van der Waals surface area contributed by atoms with Gasteiger partial charge in [0.25, 0.3) is 5.91 Å². The second-order valence-corrected chi connectivity index (χ2v) is 8.21. The fourth-order valence-electron chi connectivity index (χ4n) is 4.28. The van der Waals surface area contributed by atoms with Crippen molar-refractivity contribution in [1.29, 1.82) is 0 Å². The fraction of sp³-hybridized carbons (Fsp3) is 0.231. The molecule has 0 aliphatic carbocycles. The predicted octanol–water partition coefficient (Wildman–Crippen LogP) is 3.72. The van der Waals surface area contributed by atoms with Crippen LogP contribution in [0.15, 0.2) is 79.4 Å². The lowest BCUT2D eigenvalue weighted by Gasteiger charge is -2.36. The van der Waals surface area contributed by atoms with Crippen molar-refractivity contribution >= 4 is 5.91 Å². The number of carbonyl (C=O) groups excluding carboxylic acids is 1. The summed E-state index contributed by atoms with van der Waals surface area (Å²) < 4.78 is 5.78. The van der Waals surface area contributed by atoms with Crippen molar-refractivity contribution in [3.8, 4) is 16.8 Å². The van der Waals surface area contributed by atoms with Crippen LogP contribution in [0.2, 0.25) is 0 Å². The number of aryl methyl sites for hydroxylation is 1. The van der Waals surface area contributed by atoms with Gasteiger partial charge in [-0.2, -0.15) is 15.0 Å². The molecule has 2 aromatic carbocycles. The number of hydrogen-bond acceptors (Lipinski definition) is 5. The van der Waals surface area contributed by atoms with Gasteiger partial charge < -0.3 is 9.64 Å². The van der Waals surface area contributed by atoms with Gasteiger partial charge in [0, 0.05) is 18.9 Å². The van der Waals surface area contributed by atoms with Crippen LogP contribution in [0.4, 0.5) is 0 Å². The third-order valence-electron chi connectivity index (χ3n) is 5.92. The lowest BCUT2D eigenvalue weighted by Crippen LogP contribution is -2.50. The van der Waals surface area contributed by atoms with Crippen molar-refractivity contribution < 1.29 is 9.53 Å². The van der Waals surface area contributed by atoms with Crippen LogP contribution in [-0.2, 0) is 11.2 Å². The maximum atomic E-state index is 13.8. The highest BCUT2D eigenvalue weighted by atomic mass is 16.5. The molecule has 1 aliphatic heterocycles. The van der Waals surface area contributed by atoms with E-state index in [9.17, 15) is 4.79 Å². The number of aromatic nitrogens is 4. The molecule has 1 fully saturated rings. The van der Waals surface area contributed by atoms with Gasteiger partial charge in [-0.05, 0) is 54.3 Å². The van der Waals surface area contributed by atoms with E-state index in [1.54, 1.807) is 24.8 Å². The highest BCUT2D eigenvalue weighted by Crippen LogP contribution is 2.24. The summed E-state index contributed by atoms with van der Waals surface area (Å²) in [5.74, 6) is -0.0235. The first-order valence-electron chi connectivity index (χ1n) is 11.0. The van der Waals surface area contributed by atoms with Gasteiger partial charge in [-0.15, -0.1) is 0 Å². The van der Waals surface area contributed by atoms with E-state index in [1.165, 1.54) is 4.80 Å². The van der Waals surface area contributed by atoms with Crippen LogP contribution in [0.3, 0.4) is 0 Å². The highest BCUT2D eigenvalue weighted by molar-refractivity contribution is 5.98. The van der Waals surface area contributed by atoms with Crippen LogP contribution in [-0.4, -0.2) is 56.6 Å². The molecule has 1 atom stereocenters. The lowest BCUT2D eigenvalue weighted by atomic mass is 9.98. The predicted molar refractivity (Wildman–Crippen MR) is 125 cm³/mol. The Hall–Kier alpha value is -3.84. The van der Waals surface area contributed by atoms with Crippen LogP contribution >= 0.6 is 0 Å². The molecule has 5 rings (SSSR count). The number of benzene rings is 2. The molecule has 1 saturated heterocycles. The lowest BCUT2D eigenvalue weighted by molar-refractivity contribution is -0.00165. The Morgan fingerprint density at radius 2 is 1.82 bits per heavy atom. The summed E-state index contributed by atoms with van der Waals surface area (Å²) in [5.41, 5.74) is 5.72. The summed E-state index contributed by atoms with van der Waals surface area (Å²) in [6, 6.07) is 18.2. The largest absolute Gasteiger partial charge is 0.377 e. The number of pyridine rings is 1. The first-order valence-corrected chi connectivity index (χ1v) is 11.0. The third-order valence-corrected chi connectivity index (χ3v) is 5.92. The quantitative estimate of drug-likeness (QED) is 0.474. The zero-order valence-electron chi connectivity index (χ0n) is 18.5. The Morgan fingerprint density at radius 3 is 2.64 bits per heavy atom. The van der Waals surface area contributed by atoms with Crippen molar-refractivity contribution in [3.63, 3.8) is 0 Å². The molecule has 33 heavy (non-hydrogen) atoms. The van der Waals surface area contributed by atoms with Crippen molar-refractivity contribution in [1.82, 2.24) is 24.9 Å². The number of nitrogens with zero attached hydrogens (tertiary/aromatic N) is 5. The minimum absolute atomic E-state index is 0.0235. The Kier molecular flexibility index (Phi) is 5.95. The molecule has 1 aliphatic rings. The van der Waals surface area contributed by atoms with Crippen molar-refractivity contribution in [2.45, 2.75) is 19.4 Å². The standard InChI is InChI=1S/C26H25N5O2/c1-19-5-6-25(31-28-11-12-29-31)24(15-19)26(32)30-13-14-33-18-23(30)17-20-3-2-4-22(16-20)21-7-9-27-10-8-21/h2-12,15-16,23H,13-14,17-18H2,1H3. The van der Waals surface area contributed by atoms with Crippen molar-refractivity contribution in [3.05, 3.63) is 96.1 Å². The molecule has 7 nitrogen and oxygen atoms in total. The van der Waals surface area contributed by atoms with Crippen molar-refractivity contribution in [2.75, 3.05) is 19.8 Å². The minimum atomic E-state index is -0.0575. The molecule has 166 valence electrons. The minimum Gasteiger partial charge on any atom is -0.377 e. The second-order valence-electron chi connectivity index (χ2n) is 8.21. The van der Waals surface area contributed by atoms with E-state index in [1.807, 2.05) is 42.2 Å². The normalized spacial score (nSPS) is 16.0. The number of hydrogen-bond donors (Lipinski definition) is 0. The molecule has 0 radical (unpaired) electrons. The molecule has 0 spiro atoms. The molecule has 2 aromatic heterocycles. The number of carbonyl (C=O) groups is 1. The maximum absolute atomic E-state index is 13.8. The van der Waals surface area contributed by atoms with Gasteiger partial charge >= 0.3 is 0 Å². The summed E-state index contributed by atoms with van der Waals surface area (Å²) in [5, 5.41) is 8.47. The van der Waals surface area contributed by atoms with Crippen LogP contribution in [0.5, 0.6) is 0 Å². The molecule has 1 unspecified atom stereocenters. The molecule has 7 heteroatoms. The highest BCUT2D eigenvalue weighted by Gasteiger charge is 2.30. The van der Waals surface area contributed by atoms with E-state index < -0.39 is 0 Å². The SMILES string of the molecule is Cc1ccc(-n2nccn2)c(C(=O)N2CCOCC2Cc2cccc(-c3ccncc3)c2)c1. The van der Waals surface area contributed by atoms with Crippen molar-refractivity contribution in [2.24, 2.45) is 0 Å². The molecule has 0 saturated carbocycles. The zero-order chi connectivity index (χ0) is 22.6. The summed E-state index contributed by atoms with van der Waals surface area (Å²) in [6.07, 6.45) is 7.53. The van der Waals surface area contributed by atoms with E-state index in [0.29, 0.717) is 37.4 Å². The number of amides is 1. The van der Waals surface area contributed by atoms with E-state index in [0.717, 1.165) is 22.3 Å². The topological polar surface area (TPSA) is 73.1 Å². The first-order chi connectivity index (χ1) is 16.2. The zero-order valence-corrected chi connectivity index (χ0v) is 18.5. The molecule has 3 heterocycles. The Balaban J connectivity index is 1.43. The Labute approximate surface area is 192 Å². The smallest absolute Gasteiger partial charge is 0.256 e.